The van der Waals surface area contributed by atoms with Crippen LogP contribution in [0.25, 0.3) is 0 Å². The van der Waals surface area contributed by atoms with Crippen LogP contribution < -0.4 is 10.5 Å². The molecule has 7 nitrogen and oxygen atoms in total. The summed E-state index contributed by atoms with van der Waals surface area (Å²) in [5, 5.41) is 0. The number of pyridine rings is 1. The van der Waals surface area contributed by atoms with Crippen LogP contribution in [-0.4, -0.2) is 53.5 Å². The number of aromatic amines is 1. The highest BCUT2D eigenvalue weighted by atomic mass is 19.1. The molecule has 1 N–H and O–H groups in total. The Morgan fingerprint density at radius 3 is 2.64 bits per heavy atom. The van der Waals surface area contributed by atoms with Crippen LogP contribution >= 0.6 is 0 Å². The summed E-state index contributed by atoms with van der Waals surface area (Å²) < 4.78 is 19.1. The van der Waals surface area contributed by atoms with E-state index >= 15 is 0 Å². The average molecular weight is 385 g/mol. The van der Waals surface area contributed by atoms with Gasteiger partial charge in [0.1, 0.15) is 23.7 Å². The van der Waals surface area contributed by atoms with E-state index < -0.39 is 5.60 Å². The highest BCUT2D eigenvalue weighted by Crippen LogP contribution is 2.32. The Bertz CT molecular complexity index is 958. The van der Waals surface area contributed by atoms with E-state index in [9.17, 15) is 18.8 Å². The Morgan fingerprint density at radius 2 is 1.89 bits per heavy atom. The molecular formula is C20H20FN3O4. The number of rotatable bonds is 2. The average Bonchev–Trinajstić information content (AvgIpc) is 2.70. The monoisotopic (exact) mass is 385 g/mol. The molecule has 0 saturated carbocycles. The molecule has 0 radical (unpaired) electrons. The molecule has 0 aliphatic carbocycles. The van der Waals surface area contributed by atoms with Crippen molar-refractivity contribution in [2.75, 3.05) is 31.1 Å². The fraction of sp³-hybridized carbons (Fsp3) is 0.350. The number of hydrogen-bond donors (Lipinski definition) is 1. The standard InChI is InChI=1S/C20H20FN3O4/c21-14-5-7-15(8-6-14)24-13-20(28-11-18(24)26)9-2-10-23(12-20)19(27)16-3-1-4-17(25)22-16/h1,3-8H,2,9-13H2,(H,22,25). The molecule has 1 atom stereocenters. The van der Waals surface area contributed by atoms with E-state index in [1.54, 1.807) is 28.0 Å². The molecule has 2 fully saturated rings. The van der Waals surface area contributed by atoms with E-state index in [1.165, 1.54) is 24.3 Å². The highest BCUT2D eigenvalue weighted by molar-refractivity contribution is 5.95. The molecule has 1 aromatic heterocycles. The van der Waals surface area contributed by atoms with Crippen molar-refractivity contribution >= 4 is 17.5 Å². The lowest BCUT2D eigenvalue weighted by molar-refractivity contribution is -0.144. The van der Waals surface area contributed by atoms with E-state index in [1.807, 2.05) is 0 Å². The molecular weight excluding hydrogens is 365 g/mol. The summed E-state index contributed by atoms with van der Waals surface area (Å²) in [5.41, 5.74) is -0.193. The minimum atomic E-state index is -0.689. The molecule has 146 valence electrons. The first-order valence-corrected chi connectivity index (χ1v) is 9.14. The summed E-state index contributed by atoms with van der Waals surface area (Å²) in [5.74, 6) is -0.843. The number of nitrogens with zero attached hydrogens (tertiary/aromatic N) is 2. The van der Waals surface area contributed by atoms with E-state index in [2.05, 4.69) is 4.98 Å². The summed E-state index contributed by atoms with van der Waals surface area (Å²) in [7, 11) is 0. The normalized spacial score (nSPS) is 22.5. The van der Waals surface area contributed by atoms with Gasteiger partial charge in [0.15, 0.2) is 0 Å². The first kappa shape index (κ1) is 18.4. The lowest BCUT2D eigenvalue weighted by Gasteiger charge is -2.47. The lowest BCUT2D eigenvalue weighted by Crippen LogP contribution is -2.62. The second-order valence-electron chi connectivity index (χ2n) is 7.19. The van der Waals surface area contributed by atoms with Crippen LogP contribution in [0.3, 0.4) is 0 Å². The molecule has 1 unspecified atom stereocenters. The van der Waals surface area contributed by atoms with Crippen molar-refractivity contribution in [3.63, 3.8) is 0 Å². The maximum atomic E-state index is 13.2. The SMILES string of the molecule is O=C(c1cccc(=O)[nH]1)N1CCCC2(C1)CN(c1ccc(F)cc1)C(=O)CO2. The van der Waals surface area contributed by atoms with Gasteiger partial charge in [-0.25, -0.2) is 4.39 Å². The maximum absolute atomic E-state index is 13.2. The van der Waals surface area contributed by atoms with Crippen molar-refractivity contribution in [2.24, 2.45) is 0 Å². The molecule has 28 heavy (non-hydrogen) atoms. The number of benzene rings is 1. The molecule has 1 spiro atoms. The Labute approximate surface area is 160 Å². The number of carbonyl (C=O) groups excluding carboxylic acids is 2. The number of aromatic nitrogens is 1. The van der Waals surface area contributed by atoms with Crippen LogP contribution in [0.2, 0.25) is 0 Å². The lowest BCUT2D eigenvalue weighted by atomic mass is 9.90. The second kappa shape index (κ2) is 7.20. The molecule has 3 heterocycles. The van der Waals surface area contributed by atoms with Gasteiger partial charge in [-0.2, -0.15) is 0 Å². The molecule has 2 amide bonds. The summed E-state index contributed by atoms with van der Waals surface area (Å²) in [4.78, 5) is 42.5. The number of ether oxygens (including phenoxy) is 1. The Hall–Kier alpha value is -3.00. The number of likely N-dealkylation sites (tertiary alicyclic amines) is 1. The van der Waals surface area contributed by atoms with Crippen LogP contribution in [0.5, 0.6) is 0 Å². The number of hydrogen-bond acceptors (Lipinski definition) is 4. The summed E-state index contributed by atoms with van der Waals surface area (Å²) >= 11 is 0. The van der Waals surface area contributed by atoms with Crippen molar-refractivity contribution in [3.05, 3.63) is 64.3 Å². The van der Waals surface area contributed by atoms with Gasteiger partial charge in [0.25, 0.3) is 11.8 Å². The van der Waals surface area contributed by atoms with Gasteiger partial charge in [0, 0.05) is 18.3 Å². The highest BCUT2D eigenvalue weighted by Gasteiger charge is 2.44. The van der Waals surface area contributed by atoms with Crippen LogP contribution in [0.15, 0.2) is 47.3 Å². The smallest absolute Gasteiger partial charge is 0.270 e. The number of halogens is 1. The predicted octanol–water partition coefficient (Wildman–Crippen LogP) is 1.55. The zero-order valence-electron chi connectivity index (χ0n) is 15.2. The number of piperidine rings is 1. The van der Waals surface area contributed by atoms with Gasteiger partial charge in [0.2, 0.25) is 5.56 Å². The van der Waals surface area contributed by atoms with Gasteiger partial charge >= 0.3 is 0 Å². The number of carbonyl (C=O) groups is 2. The molecule has 2 aromatic rings. The van der Waals surface area contributed by atoms with Gasteiger partial charge in [-0.05, 0) is 43.2 Å². The zero-order valence-corrected chi connectivity index (χ0v) is 15.2. The first-order chi connectivity index (χ1) is 13.5. The molecule has 4 rings (SSSR count). The van der Waals surface area contributed by atoms with E-state index in [0.29, 0.717) is 31.6 Å². The van der Waals surface area contributed by atoms with E-state index in [4.69, 9.17) is 4.74 Å². The van der Waals surface area contributed by atoms with Crippen LogP contribution in [-0.2, 0) is 9.53 Å². The Kier molecular flexibility index (Phi) is 4.72. The third-order valence-corrected chi connectivity index (χ3v) is 5.21. The van der Waals surface area contributed by atoms with Crippen molar-refractivity contribution < 1.29 is 18.7 Å². The number of amides is 2. The van der Waals surface area contributed by atoms with Crippen molar-refractivity contribution in [2.45, 2.75) is 18.4 Å². The minimum absolute atomic E-state index is 0.0957. The summed E-state index contributed by atoms with van der Waals surface area (Å²) in [6.45, 7) is 1.05. The third kappa shape index (κ3) is 3.55. The Balaban J connectivity index is 1.55. The van der Waals surface area contributed by atoms with Gasteiger partial charge in [-0.3, -0.25) is 14.4 Å². The maximum Gasteiger partial charge on any atom is 0.270 e. The van der Waals surface area contributed by atoms with Crippen LogP contribution in [0.1, 0.15) is 23.3 Å². The zero-order chi connectivity index (χ0) is 19.7. The minimum Gasteiger partial charge on any atom is -0.361 e. The largest absolute Gasteiger partial charge is 0.361 e. The number of nitrogens with one attached hydrogen (secondary N) is 1. The fourth-order valence-corrected chi connectivity index (χ4v) is 3.83. The van der Waals surface area contributed by atoms with Gasteiger partial charge in [-0.1, -0.05) is 6.07 Å². The molecule has 8 heteroatoms. The van der Waals surface area contributed by atoms with Crippen molar-refractivity contribution in [1.29, 1.82) is 0 Å². The van der Waals surface area contributed by atoms with Crippen LogP contribution in [0.4, 0.5) is 10.1 Å². The molecule has 2 aliphatic heterocycles. The summed E-state index contributed by atoms with van der Waals surface area (Å²) in [6.07, 6.45) is 1.42. The summed E-state index contributed by atoms with van der Waals surface area (Å²) in [6, 6.07) is 10.2. The van der Waals surface area contributed by atoms with E-state index in [0.717, 1.165) is 0 Å². The van der Waals surface area contributed by atoms with Crippen molar-refractivity contribution in [3.8, 4) is 0 Å². The topological polar surface area (TPSA) is 82.7 Å². The molecule has 0 bridgehead atoms. The van der Waals surface area contributed by atoms with Crippen LogP contribution in [0, 0.1) is 5.82 Å². The van der Waals surface area contributed by atoms with E-state index in [-0.39, 0.29) is 42.0 Å². The molecule has 1 aromatic carbocycles. The van der Waals surface area contributed by atoms with Crippen molar-refractivity contribution in [1.82, 2.24) is 9.88 Å². The number of anilines is 1. The fourth-order valence-electron chi connectivity index (χ4n) is 3.83. The first-order valence-electron chi connectivity index (χ1n) is 9.14. The van der Waals surface area contributed by atoms with Gasteiger partial charge < -0.3 is 19.5 Å². The predicted molar refractivity (Wildman–Crippen MR) is 99.6 cm³/mol. The number of morpholine rings is 1. The van der Waals surface area contributed by atoms with Gasteiger partial charge in [0.05, 0.1) is 13.1 Å². The van der Waals surface area contributed by atoms with Gasteiger partial charge in [-0.15, -0.1) is 0 Å². The Morgan fingerprint density at radius 1 is 1.11 bits per heavy atom. The second-order valence-corrected chi connectivity index (χ2v) is 7.19. The molecule has 2 saturated heterocycles. The third-order valence-electron chi connectivity index (χ3n) is 5.21. The quantitative estimate of drug-likeness (QED) is 0.850. The number of H-pyrrole nitrogens is 1. The molecule has 2 aliphatic rings.